The van der Waals surface area contributed by atoms with Crippen LogP contribution in [-0.4, -0.2) is 23.2 Å². The fourth-order valence-electron chi connectivity index (χ4n) is 2.07. The van der Waals surface area contributed by atoms with Gasteiger partial charge in [-0.3, -0.25) is 4.98 Å². The standard InChI is InChI=1S/C16H20N2O2/c1-12(9-13-5-3-4-6-16(13)20-2)17-10-14-7-8-15(19)11-18-14/h3-8,11-12,17,19H,9-10H2,1-2H3. The van der Waals surface area contributed by atoms with E-state index in [-0.39, 0.29) is 5.75 Å². The molecule has 2 rings (SSSR count). The maximum absolute atomic E-state index is 9.19. The second kappa shape index (κ2) is 6.91. The van der Waals surface area contributed by atoms with Crippen molar-refractivity contribution in [3.8, 4) is 11.5 Å². The number of methoxy groups -OCH3 is 1. The second-order valence-corrected chi connectivity index (χ2v) is 4.81. The molecule has 0 amide bonds. The first-order valence-corrected chi connectivity index (χ1v) is 6.68. The van der Waals surface area contributed by atoms with Crippen LogP contribution in [0.2, 0.25) is 0 Å². The van der Waals surface area contributed by atoms with Gasteiger partial charge in [0.2, 0.25) is 0 Å². The molecule has 0 radical (unpaired) electrons. The van der Waals surface area contributed by atoms with Crippen LogP contribution in [0, 0.1) is 0 Å². The number of ether oxygens (including phenoxy) is 1. The lowest BCUT2D eigenvalue weighted by Crippen LogP contribution is -2.28. The summed E-state index contributed by atoms with van der Waals surface area (Å²) in [7, 11) is 1.69. The molecule has 1 heterocycles. The first kappa shape index (κ1) is 14.3. The van der Waals surface area contributed by atoms with Crippen molar-refractivity contribution in [2.75, 3.05) is 7.11 Å². The molecule has 4 nitrogen and oxygen atoms in total. The number of nitrogens with zero attached hydrogens (tertiary/aromatic N) is 1. The lowest BCUT2D eigenvalue weighted by atomic mass is 10.1. The van der Waals surface area contributed by atoms with Crippen LogP contribution in [0.4, 0.5) is 0 Å². The highest BCUT2D eigenvalue weighted by molar-refractivity contribution is 5.33. The molecule has 1 atom stereocenters. The molecule has 106 valence electrons. The van der Waals surface area contributed by atoms with Gasteiger partial charge in [-0.2, -0.15) is 0 Å². The molecule has 0 spiro atoms. The molecule has 1 aromatic carbocycles. The Bertz CT molecular complexity index is 540. The Balaban J connectivity index is 1.89. The Morgan fingerprint density at radius 2 is 2.05 bits per heavy atom. The smallest absolute Gasteiger partial charge is 0.133 e. The van der Waals surface area contributed by atoms with Gasteiger partial charge in [0.1, 0.15) is 11.5 Å². The fourth-order valence-corrected chi connectivity index (χ4v) is 2.07. The zero-order valence-electron chi connectivity index (χ0n) is 11.8. The van der Waals surface area contributed by atoms with Gasteiger partial charge in [-0.05, 0) is 37.1 Å². The number of pyridine rings is 1. The Morgan fingerprint density at radius 3 is 2.75 bits per heavy atom. The second-order valence-electron chi connectivity index (χ2n) is 4.81. The monoisotopic (exact) mass is 272 g/mol. The average molecular weight is 272 g/mol. The third-order valence-corrected chi connectivity index (χ3v) is 3.16. The molecular formula is C16H20N2O2. The average Bonchev–Trinajstić information content (AvgIpc) is 2.47. The minimum absolute atomic E-state index is 0.191. The fraction of sp³-hybridized carbons (Fsp3) is 0.312. The predicted molar refractivity (Wildman–Crippen MR) is 78.9 cm³/mol. The topological polar surface area (TPSA) is 54.4 Å². The summed E-state index contributed by atoms with van der Waals surface area (Å²) in [6.07, 6.45) is 2.35. The molecule has 0 aliphatic carbocycles. The minimum Gasteiger partial charge on any atom is -0.506 e. The highest BCUT2D eigenvalue weighted by Crippen LogP contribution is 2.18. The van der Waals surface area contributed by atoms with Crippen LogP contribution in [0.15, 0.2) is 42.6 Å². The zero-order valence-corrected chi connectivity index (χ0v) is 11.8. The molecule has 0 saturated heterocycles. The molecule has 0 saturated carbocycles. The molecule has 2 aromatic rings. The maximum atomic E-state index is 9.19. The molecule has 20 heavy (non-hydrogen) atoms. The lowest BCUT2D eigenvalue weighted by molar-refractivity contribution is 0.406. The summed E-state index contributed by atoms with van der Waals surface area (Å²) in [5, 5.41) is 12.6. The van der Waals surface area contributed by atoms with Gasteiger partial charge in [-0.15, -0.1) is 0 Å². The van der Waals surface area contributed by atoms with E-state index in [4.69, 9.17) is 4.74 Å². The van der Waals surface area contributed by atoms with Crippen LogP contribution in [-0.2, 0) is 13.0 Å². The van der Waals surface area contributed by atoms with Gasteiger partial charge in [0.05, 0.1) is 19.0 Å². The SMILES string of the molecule is COc1ccccc1CC(C)NCc1ccc(O)cn1. The van der Waals surface area contributed by atoms with Crippen LogP contribution in [0.5, 0.6) is 11.5 Å². The van der Waals surface area contributed by atoms with Gasteiger partial charge in [0, 0.05) is 12.6 Å². The third kappa shape index (κ3) is 3.96. The molecule has 1 aromatic heterocycles. The third-order valence-electron chi connectivity index (χ3n) is 3.16. The molecule has 4 heteroatoms. The normalized spacial score (nSPS) is 12.1. The van der Waals surface area contributed by atoms with Crippen LogP contribution >= 0.6 is 0 Å². The highest BCUT2D eigenvalue weighted by Gasteiger charge is 2.07. The molecule has 0 aliphatic rings. The number of aromatic nitrogens is 1. The van der Waals surface area contributed by atoms with Crippen molar-refractivity contribution in [1.82, 2.24) is 10.3 Å². The van der Waals surface area contributed by atoms with Gasteiger partial charge in [-0.1, -0.05) is 18.2 Å². The number of benzene rings is 1. The van der Waals surface area contributed by atoms with E-state index in [0.29, 0.717) is 12.6 Å². The molecule has 0 bridgehead atoms. The van der Waals surface area contributed by atoms with E-state index in [2.05, 4.69) is 23.3 Å². The molecular weight excluding hydrogens is 252 g/mol. The van der Waals surface area contributed by atoms with Crippen LogP contribution in [0.1, 0.15) is 18.2 Å². The minimum atomic E-state index is 0.191. The van der Waals surface area contributed by atoms with Crippen LogP contribution in [0.25, 0.3) is 0 Å². The van der Waals surface area contributed by atoms with Crippen molar-refractivity contribution in [1.29, 1.82) is 0 Å². The number of rotatable bonds is 6. The summed E-state index contributed by atoms with van der Waals surface area (Å²) in [6.45, 7) is 2.81. The van der Waals surface area contributed by atoms with Crippen molar-refractivity contribution in [2.45, 2.75) is 25.9 Å². The van der Waals surface area contributed by atoms with E-state index >= 15 is 0 Å². The number of aromatic hydroxyl groups is 1. The van der Waals surface area contributed by atoms with E-state index in [1.165, 1.54) is 11.8 Å². The molecule has 0 fully saturated rings. The number of para-hydroxylation sites is 1. The van der Waals surface area contributed by atoms with Crippen molar-refractivity contribution >= 4 is 0 Å². The first-order chi connectivity index (χ1) is 9.69. The van der Waals surface area contributed by atoms with Gasteiger partial charge >= 0.3 is 0 Å². The summed E-state index contributed by atoms with van der Waals surface area (Å²) < 4.78 is 5.35. The van der Waals surface area contributed by atoms with E-state index in [1.807, 2.05) is 24.3 Å². The molecule has 0 aliphatic heterocycles. The van der Waals surface area contributed by atoms with Gasteiger partial charge < -0.3 is 15.2 Å². The summed E-state index contributed by atoms with van der Waals surface area (Å²) in [4.78, 5) is 4.15. The maximum Gasteiger partial charge on any atom is 0.133 e. The summed E-state index contributed by atoms with van der Waals surface area (Å²) in [5.74, 6) is 1.11. The van der Waals surface area contributed by atoms with E-state index < -0.39 is 0 Å². The largest absolute Gasteiger partial charge is 0.506 e. The number of hydrogen-bond acceptors (Lipinski definition) is 4. The number of hydrogen-bond donors (Lipinski definition) is 2. The lowest BCUT2D eigenvalue weighted by Gasteiger charge is -2.15. The summed E-state index contributed by atoms with van der Waals surface area (Å²) in [6, 6.07) is 11.8. The van der Waals surface area contributed by atoms with Crippen molar-refractivity contribution in [2.24, 2.45) is 0 Å². The Hall–Kier alpha value is -2.07. The Morgan fingerprint density at radius 1 is 1.25 bits per heavy atom. The van der Waals surface area contributed by atoms with Crippen molar-refractivity contribution in [3.05, 3.63) is 53.9 Å². The van der Waals surface area contributed by atoms with Crippen LogP contribution < -0.4 is 10.1 Å². The molecule has 2 N–H and O–H groups in total. The van der Waals surface area contributed by atoms with Gasteiger partial charge in [0.25, 0.3) is 0 Å². The van der Waals surface area contributed by atoms with Crippen LogP contribution in [0.3, 0.4) is 0 Å². The quantitative estimate of drug-likeness (QED) is 0.848. The Kier molecular flexibility index (Phi) is 4.96. The number of nitrogens with one attached hydrogen (secondary N) is 1. The predicted octanol–water partition coefficient (Wildman–Crippen LogP) is 2.52. The van der Waals surface area contributed by atoms with E-state index in [0.717, 1.165) is 17.9 Å². The van der Waals surface area contributed by atoms with Gasteiger partial charge in [0.15, 0.2) is 0 Å². The summed E-state index contributed by atoms with van der Waals surface area (Å²) >= 11 is 0. The van der Waals surface area contributed by atoms with E-state index in [1.54, 1.807) is 13.2 Å². The van der Waals surface area contributed by atoms with Crippen molar-refractivity contribution in [3.63, 3.8) is 0 Å². The Labute approximate surface area is 119 Å². The molecule has 1 unspecified atom stereocenters. The van der Waals surface area contributed by atoms with E-state index in [9.17, 15) is 5.11 Å². The highest BCUT2D eigenvalue weighted by atomic mass is 16.5. The van der Waals surface area contributed by atoms with Gasteiger partial charge in [-0.25, -0.2) is 0 Å². The first-order valence-electron chi connectivity index (χ1n) is 6.68. The zero-order chi connectivity index (χ0) is 14.4. The van der Waals surface area contributed by atoms with Crippen molar-refractivity contribution < 1.29 is 9.84 Å². The summed E-state index contributed by atoms with van der Waals surface area (Å²) in [5.41, 5.74) is 2.10.